The van der Waals surface area contributed by atoms with Gasteiger partial charge >= 0.3 is 5.97 Å². The smallest absolute Gasteiger partial charge is 0.339 e. The van der Waals surface area contributed by atoms with E-state index in [1.807, 2.05) is 25.2 Å². The Morgan fingerprint density at radius 1 is 1.44 bits per heavy atom. The highest BCUT2D eigenvalue weighted by molar-refractivity contribution is 6.03. The van der Waals surface area contributed by atoms with Crippen molar-refractivity contribution in [2.45, 2.75) is 25.4 Å². The SMILES string of the molecule is CN(Cc1oc2ccccc2c1C(=O)O)C1CC1. The van der Waals surface area contributed by atoms with Crippen LogP contribution < -0.4 is 0 Å². The molecule has 0 unspecified atom stereocenters. The van der Waals surface area contributed by atoms with Crippen LogP contribution in [0.2, 0.25) is 0 Å². The van der Waals surface area contributed by atoms with E-state index < -0.39 is 5.97 Å². The summed E-state index contributed by atoms with van der Waals surface area (Å²) in [7, 11) is 2.01. The van der Waals surface area contributed by atoms with Gasteiger partial charge in [0.25, 0.3) is 0 Å². The summed E-state index contributed by atoms with van der Waals surface area (Å²) in [6.07, 6.45) is 2.39. The molecule has 0 aliphatic heterocycles. The number of para-hydroxylation sites is 1. The predicted octanol–water partition coefficient (Wildman–Crippen LogP) is 2.73. The Labute approximate surface area is 105 Å². The molecule has 2 aromatic rings. The first-order chi connectivity index (χ1) is 8.66. The van der Waals surface area contributed by atoms with Gasteiger partial charge in [0.15, 0.2) is 0 Å². The van der Waals surface area contributed by atoms with Crippen molar-refractivity contribution in [3.8, 4) is 0 Å². The molecule has 0 atom stereocenters. The Hall–Kier alpha value is -1.81. The number of aromatic carboxylic acids is 1. The Morgan fingerprint density at radius 3 is 2.83 bits per heavy atom. The summed E-state index contributed by atoms with van der Waals surface area (Å²) in [5.41, 5.74) is 0.951. The Morgan fingerprint density at radius 2 is 2.17 bits per heavy atom. The van der Waals surface area contributed by atoms with Crippen LogP contribution in [0.25, 0.3) is 11.0 Å². The molecule has 94 valence electrons. The van der Waals surface area contributed by atoms with Crippen molar-refractivity contribution in [2.75, 3.05) is 7.05 Å². The Bertz CT molecular complexity index is 598. The van der Waals surface area contributed by atoms with Gasteiger partial charge < -0.3 is 9.52 Å². The molecule has 0 radical (unpaired) electrons. The number of fused-ring (bicyclic) bond motifs is 1. The minimum absolute atomic E-state index is 0.304. The molecule has 1 saturated carbocycles. The summed E-state index contributed by atoms with van der Waals surface area (Å²) in [6.45, 7) is 0.557. The van der Waals surface area contributed by atoms with Crippen molar-refractivity contribution in [1.82, 2.24) is 4.90 Å². The molecule has 1 aliphatic carbocycles. The Balaban J connectivity index is 2.03. The van der Waals surface area contributed by atoms with E-state index in [9.17, 15) is 9.90 Å². The number of furan rings is 1. The molecular weight excluding hydrogens is 230 g/mol. The van der Waals surface area contributed by atoms with Crippen LogP contribution in [0.5, 0.6) is 0 Å². The third-order valence-corrected chi connectivity index (χ3v) is 3.45. The van der Waals surface area contributed by atoms with Crippen LogP contribution in [0.1, 0.15) is 29.0 Å². The van der Waals surface area contributed by atoms with Gasteiger partial charge in [0.1, 0.15) is 16.9 Å². The lowest BCUT2D eigenvalue weighted by atomic mass is 10.1. The van der Waals surface area contributed by atoms with E-state index in [-0.39, 0.29) is 0 Å². The average Bonchev–Trinajstić information content (AvgIpc) is 3.10. The third kappa shape index (κ3) is 1.88. The highest BCUT2D eigenvalue weighted by Gasteiger charge is 2.29. The molecule has 4 heteroatoms. The summed E-state index contributed by atoms with van der Waals surface area (Å²) < 4.78 is 5.69. The molecule has 0 bridgehead atoms. The van der Waals surface area contributed by atoms with Gasteiger partial charge in [-0.05, 0) is 26.0 Å². The molecule has 1 N–H and O–H groups in total. The van der Waals surface area contributed by atoms with Crippen LogP contribution in [-0.2, 0) is 6.54 Å². The molecule has 1 aliphatic rings. The highest BCUT2D eigenvalue weighted by atomic mass is 16.4. The first-order valence-corrected chi connectivity index (χ1v) is 6.11. The molecule has 1 fully saturated rings. The first-order valence-electron chi connectivity index (χ1n) is 6.11. The number of carboxylic acids is 1. The van der Waals surface area contributed by atoms with Crippen LogP contribution >= 0.6 is 0 Å². The monoisotopic (exact) mass is 245 g/mol. The van der Waals surface area contributed by atoms with Crippen LogP contribution in [0, 0.1) is 0 Å². The van der Waals surface area contributed by atoms with E-state index in [4.69, 9.17) is 4.42 Å². The van der Waals surface area contributed by atoms with Crippen molar-refractivity contribution in [2.24, 2.45) is 0 Å². The van der Waals surface area contributed by atoms with Gasteiger partial charge in [0.2, 0.25) is 0 Å². The summed E-state index contributed by atoms with van der Waals surface area (Å²) >= 11 is 0. The van der Waals surface area contributed by atoms with Crippen molar-refractivity contribution in [3.05, 3.63) is 35.6 Å². The number of benzene rings is 1. The van der Waals surface area contributed by atoms with E-state index in [0.29, 0.717) is 34.9 Å². The molecule has 1 aromatic heterocycles. The highest BCUT2D eigenvalue weighted by Crippen LogP contribution is 2.30. The van der Waals surface area contributed by atoms with E-state index in [0.717, 1.165) is 0 Å². The van der Waals surface area contributed by atoms with Crippen molar-refractivity contribution < 1.29 is 14.3 Å². The number of carbonyl (C=O) groups is 1. The fourth-order valence-corrected chi connectivity index (χ4v) is 2.31. The third-order valence-electron chi connectivity index (χ3n) is 3.45. The molecule has 3 rings (SSSR count). The van der Waals surface area contributed by atoms with Gasteiger partial charge in [-0.1, -0.05) is 18.2 Å². The quantitative estimate of drug-likeness (QED) is 0.899. The number of rotatable bonds is 4. The molecular formula is C14H15NO3. The predicted molar refractivity (Wildman–Crippen MR) is 67.7 cm³/mol. The van der Waals surface area contributed by atoms with E-state index in [2.05, 4.69) is 4.90 Å². The van der Waals surface area contributed by atoms with Gasteiger partial charge in [-0.3, -0.25) is 4.90 Å². The summed E-state index contributed by atoms with van der Waals surface area (Å²) in [6, 6.07) is 7.87. The van der Waals surface area contributed by atoms with Crippen LogP contribution in [-0.4, -0.2) is 29.1 Å². The lowest BCUT2D eigenvalue weighted by Crippen LogP contribution is -2.20. The molecule has 4 nitrogen and oxygen atoms in total. The maximum Gasteiger partial charge on any atom is 0.339 e. The standard InChI is InChI=1S/C14H15NO3/c1-15(9-6-7-9)8-12-13(14(16)17)10-4-2-3-5-11(10)18-12/h2-5,9H,6-8H2,1H3,(H,16,17). The van der Waals surface area contributed by atoms with Gasteiger partial charge in [0.05, 0.1) is 6.54 Å². The minimum atomic E-state index is -0.917. The second-order valence-corrected chi connectivity index (χ2v) is 4.85. The number of carboxylic acid groups (broad SMARTS) is 1. The van der Waals surface area contributed by atoms with Crippen LogP contribution in [0.3, 0.4) is 0 Å². The van der Waals surface area contributed by atoms with Gasteiger partial charge in [-0.25, -0.2) is 4.79 Å². The maximum atomic E-state index is 11.4. The zero-order valence-corrected chi connectivity index (χ0v) is 10.2. The molecule has 0 saturated heterocycles. The molecule has 1 heterocycles. The van der Waals surface area contributed by atoms with E-state index in [1.165, 1.54) is 12.8 Å². The van der Waals surface area contributed by atoms with Gasteiger partial charge in [0, 0.05) is 11.4 Å². The van der Waals surface area contributed by atoms with Crippen LogP contribution in [0.15, 0.2) is 28.7 Å². The summed E-state index contributed by atoms with van der Waals surface area (Å²) in [5, 5.41) is 10.0. The first kappa shape index (κ1) is 11.3. The minimum Gasteiger partial charge on any atom is -0.478 e. The topological polar surface area (TPSA) is 53.7 Å². The fraction of sp³-hybridized carbons (Fsp3) is 0.357. The van der Waals surface area contributed by atoms with Gasteiger partial charge in [-0.15, -0.1) is 0 Å². The lowest BCUT2D eigenvalue weighted by molar-refractivity contribution is 0.0694. The lowest BCUT2D eigenvalue weighted by Gasteiger charge is -2.13. The number of hydrogen-bond donors (Lipinski definition) is 1. The summed E-state index contributed by atoms with van der Waals surface area (Å²) in [4.78, 5) is 13.5. The summed E-state index contributed by atoms with van der Waals surface area (Å²) in [5.74, 6) is -0.364. The zero-order valence-electron chi connectivity index (χ0n) is 10.2. The van der Waals surface area contributed by atoms with Crippen molar-refractivity contribution in [1.29, 1.82) is 0 Å². The largest absolute Gasteiger partial charge is 0.478 e. The van der Waals surface area contributed by atoms with Crippen molar-refractivity contribution >= 4 is 16.9 Å². The molecule has 0 amide bonds. The number of nitrogens with zero attached hydrogens (tertiary/aromatic N) is 1. The molecule has 18 heavy (non-hydrogen) atoms. The maximum absolute atomic E-state index is 11.4. The normalized spacial score (nSPS) is 15.4. The Kier molecular flexibility index (Phi) is 2.59. The zero-order chi connectivity index (χ0) is 12.7. The number of hydrogen-bond acceptors (Lipinski definition) is 3. The van der Waals surface area contributed by atoms with Crippen molar-refractivity contribution in [3.63, 3.8) is 0 Å². The second-order valence-electron chi connectivity index (χ2n) is 4.85. The fourth-order valence-electron chi connectivity index (χ4n) is 2.31. The van der Waals surface area contributed by atoms with E-state index >= 15 is 0 Å². The molecule has 0 spiro atoms. The average molecular weight is 245 g/mol. The molecule has 1 aromatic carbocycles. The van der Waals surface area contributed by atoms with Gasteiger partial charge in [-0.2, -0.15) is 0 Å². The van der Waals surface area contributed by atoms with E-state index in [1.54, 1.807) is 6.07 Å². The second kappa shape index (κ2) is 4.14. The van der Waals surface area contributed by atoms with Crippen LogP contribution in [0.4, 0.5) is 0 Å².